The van der Waals surface area contributed by atoms with E-state index in [0.717, 1.165) is 23.1 Å². The molecule has 2 atom stereocenters. The normalized spacial score (nSPS) is 12.4. The van der Waals surface area contributed by atoms with Gasteiger partial charge in [0.05, 0.1) is 10.7 Å². The molecule has 8 heteroatoms. The number of non-ortho nitro benzene ring substituents is 1. The van der Waals surface area contributed by atoms with E-state index < -0.39 is 11.0 Å². The van der Waals surface area contributed by atoms with Gasteiger partial charge in [0.2, 0.25) is 11.8 Å². The van der Waals surface area contributed by atoms with Crippen LogP contribution in [0.5, 0.6) is 0 Å². The molecule has 0 heterocycles. The van der Waals surface area contributed by atoms with Crippen LogP contribution in [0.1, 0.15) is 37.0 Å². The zero-order valence-corrected chi connectivity index (χ0v) is 22.0. The molecule has 0 aliphatic rings. The number of hydrogen-bond acceptors (Lipinski definition) is 5. The van der Waals surface area contributed by atoms with Gasteiger partial charge >= 0.3 is 0 Å². The van der Waals surface area contributed by atoms with Crippen LogP contribution in [0.15, 0.2) is 84.9 Å². The maximum atomic E-state index is 13.6. The van der Waals surface area contributed by atoms with E-state index in [2.05, 4.69) is 5.32 Å². The molecule has 3 aromatic carbocycles. The van der Waals surface area contributed by atoms with Crippen molar-refractivity contribution in [2.24, 2.45) is 0 Å². The molecule has 0 spiro atoms. The highest BCUT2D eigenvalue weighted by molar-refractivity contribution is 7.99. The van der Waals surface area contributed by atoms with Crippen LogP contribution >= 0.6 is 11.8 Å². The third kappa shape index (κ3) is 8.75. The quantitative estimate of drug-likeness (QED) is 0.242. The highest BCUT2D eigenvalue weighted by atomic mass is 32.2. The molecule has 194 valence electrons. The van der Waals surface area contributed by atoms with Gasteiger partial charge in [-0.1, -0.05) is 79.7 Å². The molecule has 3 aromatic rings. The SMILES string of the molecule is CCC(C)NC(=O)C(Cc1ccccc1)N(Cc1ccccc1)C(=O)CSCc1ccc([N+](=O)[O-])cc1. The van der Waals surface area contributed by atoms with Gasteiger partial charge in [0, 0.05) is 36.9 Å². The smallest absolute Gasteiger partial charge is 0.269 e. The Hall–Kier alpha value is -3.65. The average molecular weight is 520 g/mol. The Labute approximate surface area is 222 Å². The molecule has 0 radical (unpaired) electrons. The number of rotatable bonds is 13. The summed E-state index contributed by atoms with van der Waals surface area (Å²) >= 11 is 1.43. The number of hydrogen-bond donors (Lipinski definition) is 1. The molecular weight excluding hydrogens is 486 g/mol. The topological polar surface area (TPSA) is 92.6 Å². The Morgan fingerprint density at radius 2 is 1.51 bits per heavy atom. The Kier molecular flexibility index (Phi) is 10.7. The minimum atomic E-state index is -0.663. The Bertz CT molecular complexity index is 1160. The maximum Gasteiger partial charge on any atom is 0.269 e. The molecule has 37 heavy (non-hydrogen) atoms. The van der Waals surface area contributed by atoms with E-state index in [9.17, 15) is 19.7 Å². The molecule has 1 N–H and O–H groups in total. The van der Waals surface area contributed by atoms with Gasteiger partial charge in [0.25, 0.3) is 5.69 Å². The van der Waals surface area contributed by atoms with Crippen molar-refractivity contribution in [2.75, 3.05) is 5.75 Å². The van der Waals surface area contributed by atoms with Crippen molar-refractivity contribution in [1.29, 1.82) is 0 Å². The Balaban J connectivity index is 1.80. The molecular formula is C29H33N3O4S. The molecule has 0 saturated carbocycles. The van der Waals surface area contributed by atoms with Gasteiger partial charge in [-0.3, -0.25) is 19.7 Å². The monoisotopic (exact) mass is 519 g/mol. The van der Waals surface area contributed by atoms with E-state index in [1.807, 2.05) is 74.5 Å². The first kappa shape index (κ1) is 27.9. The minimum absolute atomic E-state index is 0.00374. The van der Waals surface area contributed by atoms with Crippen molar-refractivity contribution < 1.29 is 14.5 Å². The third-order valence-corrected chi connectivity index (χ3v) is 7.10. The van der Waals surface area contributed by atoms with Crippen LogP contribution in [0.25, 0.3) is 0 Å². The zero-order chi connectivity index (χ0) is 26.6. The summed E-state index contributed by atoms with van der Waals surface area (Å²) in [4.78, 5) is 39.2. The number of nitro groups is 1. The van der Waals surface area contributed by atoms with E-state index in [1.54, 1.807) is 17.0 Å². The molecule has 0 aliphatic heterocycles. The fraction of sp³-hybridized carbons (Fsp3) is 0.310. The summed E-state index contributed by atoms with van der Waals surface area (Å²) in [6, 6.07) is 25.1. The van der Waals surface area contributed by atoms with Crippen molar-refractivity contribution in [3.05, 3.63) is 112 Å². The van der Waals surface area contributed by atoms with Crippen LogP contribution in [0.2, 0.25) is 0 Å². The standard InChI is InChI=1S/C29H33N3O4S/c1-3-22(2)30-29(34)27(18-23-10-6-4-7-11-23)31(19-24-12-8-5-9-13-24)28(33)21-37-20-25-14-16-26(17-15-25)32(35)36/h4-17,22,27H,3,18-21H2,1-2H3,(H,30,34). The van der Waals surface area contributed by atoms with Gasteiger partial charge in [0.15, 0.2) is 0 Å². The number of thioether (sulfide) groups is 1. The van der Waals surface area contributed by atoms with E-state index in [1.165, 1.54) is 23.9 Å². The second-order valence-corrected chi connectivity index (χ2v) is 9.93. The van der Waals surface area contributed by atoms with Crippen molar-refractivity contribution >= 4 is 29.3 Å². The van der Waals surface area contributed by atoms with Crippen LogP contribution in [0.3, 0.4) is 0 Å². The summed E-state index contributed by atoms with van der Waals surface area (Å²) in [5.41, 5.74) is 2.87. The molecule has 2 amide bonds. The van der Waals surface area contributed by atoms with Crippen molar-refractivity contribution in [3.63, 3.8) is 0 Å². The van der Waals surface area contributed by atoms with E-state index in [0.29, 0.717) is 18.7 Å². The summed E-state index contributed by atoms with van der Waals surface area (Å²) in [6.07, 6.45) is 1.20. The Morgan fingerprint density at radius 1 is 0.919 bits per heavy atom. The van der Waals surface area contributed by atoms with Gasteiger partial charge in [-0.25, -0.2) is 0 Å². The largest absolute Gasteiger partial charge is 0.352 e. The number of carbonyl (C=O) groups is 2. The van der Waals surface area contributed by atoms with Crippen molar-refractivity contribution in [1.82, 2.24) is 10.2 Å². The fourth-order valence-electron chi connectivity index (χ4n) is 3.83. The number of carbonyl (C=O) groups excluding carboxylic acids is 2. The van der Waals surface area contributed by atoms with E-state index in [4.69, 9.17) is 0 Å². The Morgan fingerprint density at radius 3 is 2.08 bits per heavy atom. The summed E-state index contributed by atoms with van der Waals surface area (Å²) in [7, 11) is 0. The lowest BCUT2D eigenvalue weighted by Gasteiger charge is -2.32. The summed E-state index contributed by atoms with van der Waals surface area (Å²) in [5, 5.41) is 14.0. The number of nitrogens with zero attached hydrogens (tertiary/aromatic N) is 2. The molecule has 0 bridgehead atoms. The van der Waals surface area contributed by atoms with Gasteiger partial charge in [0.1, 0.15) is 6.04 Å². The lowest BCUT2D eigenvalue weighted by Crippen LogP contribution is -2.52. The summed E-state index contributed by atoms with van der Waals surface area (Å²) in [5.74, 6) is 0.427. The number of nitro benzene ring substituents is 1. The average Bonchev–Trinajstić information content (AvgIpc) is 2.91. The molecule has 2 unspecified atom stereocenters. The molecule has 0 fully saturated rings. The van der Waals surface area contributed by atoms with Gasteiger partial charge < -0.3 is 10.2 Å². The third-order valence-electron chi connectivity index (χ3n) is 6.11. The second-order valence-electron chi connectivity index (χ2n) is 8.95. The highest BCUT2D eigenvalue weighted by Gasteiger charge is 2.30. The summed E-state index contributed by atoms with van der Waals surface area (Å²) < 4.78 is 0. The predicted octanol–water partition coefficient (Wildman–Crippen LogP) is 5.38. The summed E-state index contributed by atoms with van der Waals surface area (Å²) in [6.45, 7) is 4.29. The molecule has 0 aromatic heterocycles. The first-order chi connectivity index (χ1) is 17.9. The predicted molar refractivity (Wildman–Crippen MR) is 148 cm³/mol. The minimum Gasteiger partial charge on any atom is -0.352 e. The zero-order valence-electron chi connectivity index (χ0n) is 21.2. The van der Waals surface area contributed by atoms with Gasteiger partial charge in [-0.2, -0.15) is 0 Å². The fourth-order valence-corrected chi connectivity index (χ4v) is 4.70. The van der Waals surface area contributed by atoms with Gasteiger partial charge in [-0.05, 0) is 30.0 Å². The number of nitrogens with one attached hydrogen (secondary N) is 1. The van der Waals surface area contributed by atoms with Crippen LogP contribution in [0, 0.1) is 10.1 Å². The number of amides is 2. The number of benzene rings is 3. The lowest BCUT2D eigenvalue weighted by molar-refractivity contribution is -0.384. The van der Waals surface area contributed by atoms with E-state index in [-0.39, 0.29) is 29.3 Å². The van der Waals surface area contributed by atoms with Crippen LogP contribution in [0.4, 0.5) is 5.69 Å². The van der Waals surface area contributed by atoms with Crippen LogP contribution in [-0.2, 0) is 28.3 Å². The van der Waals surface area contributed by atoms with Crippen molar-refractivity contribution in [3.8, 4) is 0 Å². The maximum absolute atomic E-state index is 13.6. The van der Waals surface area contributed by atoms with Crippen molar-refractivity contribution in [2.45, 2.75) is 51.1 Å². The van der Waals surface area contributed by atoms with Crippen LogP contribution < -0.4 is 5.32 Å². The van der Waals surface area contributed by atoms with E-state index >= 15 is 0 Å². The molecule has 3 rings (SSSR count). The highest BCUT2D eigenvalue weighted by Crippen LogP contribution is 2.20. The lowest BCUT2D eigenvalue weighted by atomic mass is 10.0. The van der Waals surface area contributed by atoms with Crippen LogP contribution in [-0.4, -0.2) is 39.5 Å². The first-order valence-electron chi connectivity index (χ1n) is 12.4. The molecule has 0 aliphatic carbocycles. The second kappa shape index (κ2) is 14.2. The first-order valence-corrected chi connectivity index (χ1v) is 13.5. The molecule has 0 saturated heterocycles. The molecule has 7 nitrogen and oxygen atoms in total. The van der Waals surface area contributed by atoms with Gasteiger partial charge in [-0.15, -0.1) is 11.8 Å².